The normalized spacial score (nSPS) is 10.4. The number of benzene rings is 2. The van der Waals surface area contributed by atoms with E-state index in [1.165, 1.54) is 0 Å². The van der Waals surface area contributed by atoms with Crippen LogP contribution in [0.1, 0.15) is 11.1 Å². The van der Waals surface area contributed by atoms with E-state index in [-0.39, 0.29) is 12.5 Å². The highest BCUT2D eigenvalue weighted by atomic mass is 35.5. The summed E-state index contributed by atoms with van der Waals surface area (Å²) in [5.74, 6) is -0.725. The second kappa shape index (κ2) is 9.25. The zero-order valence-corrected chi connectivity index (χ0v) is 16.7. The molecule has 1 aromatic heterocycles. The van der Waals surface area contributed by atoms with E-state index in [2.05, 4.69) is 10.5 Å². The van der Waals surface area contributed by atoms with Crippen molar-refractivity contribution in [3.8, 4) is 17.0 Å². The van der Waals surface area contributed by atoms with E-state index < -0.39 is 18.5 Å². The van der Waals surface area contributed by atoms with Gasteiger partial charge in [0, 0.05) is 11.6 Å². The highest BCUT2D eigenvalue weighted by Gasteiger charge is 2.13. The zero-order chi connectivity index (χ0) is 20.8. The molecule has 3 rings (SSSR count). The van der Waals surface area contributed by atoms with Gasteiger partial charge in [-0.2, -0.15) is 0 Å². The number of nitrogens with one attached hydrogen (secondary N) is 1. The Bertz CT molecular complexity index is 1010. The minimum atomic E-state index is -0.698. The third-order valence-corrected chi connectivity index (χ3v) is 4.23. The quantitative estimate of drug-likeness (QED) is 0.583. The topological polar surface area (TPSA) is 90.7 Å². The smallest absolute Gasteiger partial charge is 0.344 e. The lowest BCUT2D eigenvalue weighted by atomic mass is 10.1. The van der Waals surface area contributed by atoms with Gasteiger partial charge >= 0.3 is 5.97 Å². The van der Waals surface area contributed by atoms with Crippen molar-refractivity contribution in [3.05, 3.63) is 64.7 Å². The summed E-state index contributed by atoms with van der Waals surface area (Å²) in [6, 6.07) is 14.5. The van der Waals surface area contributed by atoms with E-state index in [0.717, 1.165) is 16.7 Å². The lowest BCUT2D eigenvalue weighted by Gasteiger charge is -2.08. The zero-order valence-electron chi connectivity index (χ0n) is 15.9. The fourth-order valence-corrected chi connectivity index (χ4v) is 2.59. The minimum Gasteiger partial charge on any atom is -0.480 e. The monoisotopic (exact) mass is 414 g/mol. The summed E-state index contributed by atoms with van der Waals surface area (Å²) in [7, 11) is 0. The maximum atomic E-state index is 11.9. The fourth-order valence-electron chi connectivity index (χ4n) is 2.41. The van der Waals surface area contributed by atoms with Gasteiger partial charge < -0.3 is 14.0 Å². The van der Waals surface area contributed by atoms with E-state index in [9.17, 15) is 9.59 Å². The number of rotatable bonds is 7. The molecule has 3 aromatic rings. The molecule has 0 aliphatic heterocycles. The molecule has 7 nitrogen and oxygen atoms in total. The van der Waals surface area contributed by atoms with Gasteiger partial charge in [-0.15, -0.1) is 0 Å². The van der Waals surface area contributed by atoms with Crippen molar-refractivity contribution < 1.29 is 23.6 Å². The van der Waals surface area contributed by atoms with Crippen LogP contribution >= 0.6 is 11.6 Å². The van der Waals surface area contributed by atoms with Crippen LogP contribution in [0.2, 0.25) is 5.02 Å². The summed E-state index contributed by atoms with van der Waals surface area (Å²) in [4.78, 5) is 23.7. The summed E-state index contributed by atoms with van der Waals surface area (Å²) in [5.41, 5.74) is 3.51. The van der Waals surface area contributed by atoms with Gasteiger partial charge in [-0.25, -0.2) is 4.79 Å². The lowest BCUT2D eigenvalue weighted by Crippen LogP contribution is -2.23. The third kappa shape index (κ3) is 5.83. The van der Waals surface area contributed by atoms with Crippen molar-refractivity contribution in [1.29, 1.82) is 0 Å². The van der Waals surface area contributed by atoms with Gasteiger partial charge in [-0.1, -0.05) is 52.7 Å². The fraction of sp³-hybridized carbons (Fsp3) is 0.190. The van der Waals surface area contributed by atoms with Crippen molar-refractivity contribution in [2.45, 2.75) is 13.8 Å². The average molecular weight is 415 g/mol. The van der Waals surface area contributed by atoms with E-state index >= 15 is 0 Å². The van der Waals surface area contributed by atoms with Crippen LogP contribution in [0.25, 0.3) is 11.3 Å². The molecule has 150 valence electrons. The highest BCUT2D eigenvalue weighted by molar-refractivity contribution is 6.32. The molecule has 0 spiro atoms. The molecule has 0 atom stereocenters. The number of esters is 1. The van der Waals surface area contributed by atoms with E-state index in [0.29, 0.717) is 16.5 Å². The van der Waals surface area contributed by atoms with Crippen molar-refractivity contribution >= 4 is 29.4 Å². The summed E-state index contributed by atoms with van der Waals surface area (Å²) >= 11 is 5.99. The molecule has 1 heterocycles. The van der Waals surface area contributed by atoms with Crippen LogP contribution in [0.3, 0.4) is 0 Å². The van der Waals surface area contributed by atoms with Crippen molar-refractivity contribution in [3.63, 3.8) is 0 Å². The second-order valence-electron chi connectivity index (χ2n) is 6.37. The first-order chi connectivity index (χ1) is 13.9. The molecule has 0 bridgehead atoms. The Morgan fingerprint density at radius 1 is 1.03 bits per heavy atom. The van der Waals surface area contributed by atoms with Crippen LogP contribution in [-0.2, 0) is 14.3 Å². The largest absolute Gasteiger partial charge is 0.480 e. The van der Waals surface area contributed by atoms with Gasteiger partial charge in [-0.3, -0.25) is 10.1 Å². The van der Waals surface area contributed by atoms with Crippen LogP contribution in [-0.4, -0.2) is 30.2 Å². The molecule has 0 saturated heterocycles. The Hall–Kier alpha value is -3.32. The number of carbonyl (C=O) groups is 2. The number of nitrogens with zero attached hydrogens (tertiary/aromatic N) is 1. The van der Waals surface area contributed by atoms with E-state index in [1.807, 2.05) is 44.2 Å². The summed E-state index contributed by atoms with van der Waals surface area (Å²) < 4.78 is 15.3. The Labute approximate surface area is 172 Å². The van der Waals surface area contributed by atoms with E-state index in [1.54, 1.807) is 18.2 Å². The molecule has 0 unspecified atom stereocenters. The number of aryl methyl sites for hydroxylation is 2. The third-order valence-electron chi connectivity index (χ3n) is 3.92. The van der Waals surface area contributed by atoms with Crippen LogP contribution in [0.15, 0.2) is 53.1 Å². The molecule has 0 saturated carbocycles. The Kier molecular flexibility index (Phi) is 6.51. The number of halogens is 1. The molecular formula is C21H19ClN2O5. The Balaban J connectivity index is 1.45. The first-order valence-electron chi connectivity index (χ1n) is 8.79. The molecule has 0 aliphatic rings. The second-order valence-corrected chi connectivity index (χ2v) is 6.78. The molecule has 8 heteroatoms. The SMILES string of the molecule is Cc1ccc(-c2cc(NC(=O)COC(=O)COc3cc(C)ccc3Cl)on2)cc1. The molecule has 2 aromatic carbocycles. The summed E-state index contributed by atoms with van der Waals surface area (Å²) in [5, 5.41) is 6.78. The Morgan fingerprint density at radius 2 is 1.76 bits per heavy atom. The molecule has 0 radical (unpaired) electrons. The van der Waals surface area contributed by atoms with Crippen LogP contribution in [0.5, 0.6) is 5.75 Å². The maximum Gasteiger partial charge on any atom is 0.344 e. The van der Waals surface area contributed by atoms with Gasteiger partial charge in [0.25, 0.3) is 5.91 Å². The van der Waals surface area contributed by atoms with Crippen molar-refractivity contribution in [2.24, 2.45) is 0 Å². The average Bonchev–Trinajstić information content (AvgIpc) is 3.16. The minimum absolute atomic E-state index is 0.157. The van der Waals surface area contributed by atoms with Crippen molar-refractivity contribution in [2.75, 3.05) is 18.5 Å². The van der Waals surface area contributed by atoms with E-state index in [4.69, 9.17) is 25.6 Å². The molecule has 0 fully saturated rings. The standard InChI is InChI=1S/C21H19ClN2O5/c1-13-3-6-15(7-4-13)17-10-20(29-24-17)23-19(25)11-28-21(26)12-27-18-9-14(2)5-8-16(18)22/h3-10H,11-12H2,1-2H3,(H,23,25). The first kappa shape index (κ1) is 20.4. The number of hydrogen-bond donors (Lipinski definition) is 1. The summed E-state index contributed by atoms with van der Waals surface area (Å²) in [6.45, 7) is 3.01. The predicted molar refractivity (Wildman–Crippen MR) is 108 cm³/mol. The van der Waals surface area contributed by atoms with Crippen molar-refractivity contribution in [1.82, 2.24) is 5.16 Å². The van der Waals surface area contributed by atoms with Gasteiger partial charge in [0.1, 0.15) is 11.4 Å². The van der Waals surface area contributed by atoms with Crippen LogP contribution in [0.4, 0.5) is 5.88 Å². The molecule has 0 aliphatic carbocycles. The van der Waals surface area contributed by atoms with Gasteiger partial charge in [0.15, 0.2) is 13.2 Å². The summed E-state index contributed by atoms with van der Waals surface area (Å²) in [6.07, 6.45) is 0. The Morgan fingerprint density at radius 3 is 2.52 bits per heavy atom. The molecule has 1 amide bonds. The maximum absolute atomic E-state index is 11.9. The number of hydrogen-bond acceptors (Lipinski definition) is 6. The number of carbonyl (C=O) groups excluding carboxylic acids is 2. The molecule has 29 heavy (non-hydrogen) atoms. The lowest BCUT2D eigenvalue weighted by molar-refractivity contribution is -0.149. The van der Waals surface area contributed by atoms with Gasteiger partial charge in [-0.05, 0) is 31.5 Å². The van der Waals surface area contributed by atoms with Crippen LogP contribution in [0, 0.1) is 13.8 Å². The predicted octanol–water partition coefficient (Wildman–Crippen LogP) is 4.17. The van der Waals surface area contributed by atoms with Crippen LogP contribution < -0.4 is 10.1 Å². The molecule has 1 N–H and O–H groups in total. The number of aromatic nitrogens is 1. The van der Waals surface area contributed by atoms with Gasteiger partial charge in [0.05, 0.1) is 5.02 Å². The highest BCUT2D eigenvalue weighted by Crippen LogP contribution is 2.25. The number of ether oxygens (including phenoxy) is 2. The molecular weight excluding hydrogens is 396 g/mol. The van der Waals surface area contributed by atoms with Gasteiger partial charge in [0.2, 0.25) is 5.88 Å². The number of anilines is 1. The first-order valence-corrected chi connectivity index (χ1v) is 9.16. The number of amides is 1.